The molecule has 0 fully saturated rings. The monoisotopic (exact) mass is 400 g/mol. The summed E-state index contributed by atoms with van der Waals surface area (Å²) >= 11 is 6.28. The number of benzene rings is 2. The molecule has 1 heterocycles. The van der Waals surface area contributed by atoms with Crippen LogP contribution in [0.15, 0.2) is 46.3 Å². The lowest BCUT2D eigenvalue weighted by Crippen LogP contribution is -2.23. The van der Waals surface area contributed by atoms with Crippen LogP contribution in [0.5, 0.6) is 11.5 Å². The van der Waals surface area contributed by atoms with Crippen LogP contribution in [0.3, 0.4) is 0 Å². The third-order valence-corrected chi connectivity index (χ3v) is 4.38. The Morgan fingerprint density at radius 2 is 2.07 bits per heavy atom. The first kappa shape index (κ1) is 19.7. The molecule has 0 aliphatic carbocycles. The van der Waals surface area contributed by atoms with E-state index in [9.17, 15) is 4.79 Å². The number of nitrogens with zero attached hydrogens (tertiary/aromatic N) is 3. The third-order valence-electron chi connectivity index (χ3n) is 4.10. The van der Waals surface area contributed by atoms with E-state index in [1.807, 2.05) is 26.0 Å². The summed E-state index contributed by atoms with van der Waals surface area (Å²) in [4.78, 5) is 17.1. The van der Waals surface area contributed by atoms with Gasteiger partial charge in [0.05, 0.1) is 35.9 Å². The maximum Gasteiger partial charge on any atom is 0.262 e. The van der Waals surface area contributed by atoms with Crippen LogP contribution in [-0.2, 0) is 6.54 Å². The van der Waals surface area contributed by atoms with E-state index in [-0.39, 0.29) is 5.56 Å². The molecule has 1 N–H and O–H groups in total. The van der Waals surface area contributed by atoms with Gasteiger partial charge in [0.15, 0.2) is 11.5 Å². The number of fused-ring (bicyclic) bond motifs is 1. The van der Waals surface area contributed by atoms with Crippen molar-refractivity contribution in [2.45, 2.75) is 20.4 Å². The lowest BCUT2D eigenvalue weighted by molar-refractivity contribution is 0.311. The average molecular weight is 401 g/mol. The van der Waals surface area contributed by atoms with Crippen LogP contribution in [0.25, 0.3) is 10.9 Å². The van der Waals surface area contributed by atoms with Crippen LogP contribution >= 0.6 is 11.6 Å². The van der Waals surface area contributed by atoms with Gasteiger partial charge < -0.3 is 9.47 Å². The van der Waals surface area contributed by atoms with Crippen LogP contribution in [0.1, 0.15) is 19.4 Å². The number of anilines is 1. The first-order valence-electron chi connectivity index (χ1n) is 8.88. The lowest BCUT2D eigenvalue weighted by Gasteiger charge is -2.12. The molecule has 0 saturated carbocycles. The molecule has 0 aliphatic rings. The maximum atomic E-state index is 12.6. The number of hydrogen-bond acceptors (Lipinski definition) is 6. The molecule has 0 bridgehead atoms. The summed E-state index contributed by atoms with van der Waals surface area (Å²) in [6.07, 6.45) is 1.57. The molecule has 0 atom stereocenters. The molecule has 3 rings (SSSR count). The van der Waals surface area contributed by atoms with Gasteiger partial charge in [-0.05, 0) is 43.7 Å². The second kappa shape index (κ2) is 8.75. The molecule has 2 aromatic carbocycles. The predicted octanol–water partition coefficient (Wildman–Crippen LogP) is 3.92. The fraction of sp³-hybridized carbons (Fsp3) is 0.250. The van der Waals surface area contributed by atoms with E-state index in [0.29, 0.717) is 52.1 Å². The molecule has 146 valence electrons. The number of ether oxygens (including phenoxy) is 2. The van der Waals surface area contributed by atoms with Gasteiger partial charge in [0.25, 0.3) is 5.56 Å². The topological polar surface area (TPSA) is 77.7 Å². The fourth-order valence-corrected chi connectivity index (χ4v) is 3.08. The molecule has 8 heteroatoms. The molecule has 0 aliphatic heterocycles. The predicted molar refractivity (Wildman–Crippen MR) is 112 cm³/mol. The molecule has 0 radical (unpaired) electrons. The van der Waals surface area contributed by atoms with Gasteiger partial charge in [-0.1, -0.05) is 23.7 Å². The number of rotatable bonds is 7. The fourth-order valence-electron chi connectivity index (χ4n) is 2.81. The molecule has 7 nitrogen and oxygen atoms in total. The van der Waals surface area contributed by atoms with E-state index in [2.05, 4.69) is 15.5 Å². The van der Waals surface area contributed by atoms with Crippen LogP contribution in [-0.4, -0.2) is 29.5 Å². The standard InChI is InChI=1S/C20H21ClN4O3/c1-4-25-19(26)14-8-6-7-9-16(14)23-20(25)24-22-12-13-10-15(21)18(28-5-2)17(11-13)27-3/h6-12H,4-5H2,1-3H3,(H,23,24)/b22-12-. The van der Waals surface area contributed by atoms with Gasteiger partial charge in [0.1, 0.15) is 0 Å². The van der Waals surface area contributed by atoms with E-state index in [1.54, 1.807) is 37.6 Å². The smallest absolute Gasteiger partial charge is 0.262 e. The third kappa shape index (κ3) is 3.94. The van der Waals surface area contributed by atoms with E-state index in [4.69, 9.17) is 21.1 Å². The van der Waals surface area contributed by atoms with Crippen LogP contribution < -0.4 is 20.5 Å². The maximum absolute atomic E-state index is 12.6. The normalized spacial score (nSPS) is 11.1. The van der Waals surface area contributed by atoms with Gasteiger partial charge in [-0.25, -0.2) is 10.4 Å². The Bertz CT molecular complexity index is 1080. The molecular formula is C20H21ClN4O3. The minimum absolute atomic E-state index is 0.114. The highest BCUT2D eigenvalue weighted by Gasteiger charge is 2.11. The first-order chi connectivity index (χ1) is 13.6. The number of methoxy groups -OCH3 is 1. The van der Waals surface area contributed by atoms with E-state index in [1.165, 1.54) is 4.57 Å². The summed E-state index contributed by atoms with van der Waals surface area (Å²) in [7, 11) is 1.55. The van der Waals surface area contributed by atoms with Gasteiger partial charge >= 0.3 is 0 Å². The van der Waals surface area contributed by atoms with Gasteiger partial charge in [-0.2, -0.15) is 5.10 Å². The Morgan fingerprint density at radius 3 is 2.79 bits per heavy atom. The number of halogens is 1. The second-order valence-electron chi connectivity index (χ2n) is 5.84. The Labute approximate surface area is 167 Å². The van der Waals surface area contributed by atoms with Crippen molar-refractivity contribution in [1.82, 2.24) is 9.55 Å². The first-order valence-corrected chi connectivity index (χ1v) is 9.25. The van der Waals surface area contributed by atoms with Crippen molar-refractivity contribution in [1.29, 1.82) is 0 Å². The summed E-state index contributed by atoms with van der Waals surface area (Å²) in [5.41, 5.74) is 4.06. The van der Waals surface area contributed by atoms with E-state index < -0.39 is 0 Å². The van der Waals surface area contributed by atoms with Crippen LogP contribution in [0.2, 0.25) is 5.02 Å². The summed E-state index contributed by atoms with van der Waals surface area (Å²) < 4.78 is 12.4. The zero-order chi connectivity index (χ0) is 20.1. The van der Waals surface area contributed by atoms with Gasteiger partial charge in [0, 0.05) is 6.54 Å². The van der Waals surface area contributed by atoms with Crippen molar-refractivity contribution in [3.8, 4) is 11.5 Å². The number of hydrazone groups is 1. The number of nitrogens with one attached hydrogen (secondary N) is 1. The van der Waals surface area contributed by atoms with Crippen molar-refractivity contribution in [3.05, 3.63) is 57.3 Å². The Kier molecular flexibility index (Phi) is 6.16. The van der Waals surface area contributed by atoms with Crippen LogP contribution in [0.4, 0.5) is 5.95 Å². The van der Waals surface area contributed by atoms with Gasteiger partial charge in [-0.15, -0.1) is 0 Å². The number of hydrogen-bond donors (Lipinski definition) is 1. The highest BCUT2D eigenvalue weighted by molar-refractivity contribution is 6.32. The molecule has 0 saturated heterocycles. The van der Waals surface area contributed by atoms with E-state index in [0.717, 1.165) is 0 Å². The Hall–Kier alpha value is -3.06. The molecule has 0 amide bonds. The Morgan fingerprint density at radius 1 is 1.29 bits per heavy atom. The SMILES string of the molecule is CCOc1c(Cl)cc(/C=N\Nc2nc3ccccc3c(=O)n2CC)cc1OC. The number of aromatic nitrogens is 2. The second-order valence-corrected chi connectivity index (χ2v) is 6.25. The summed E-state index contributed by atoms with van der Waals surface area (Å²) in [5, 5.41) is 5.21. The van der Waals surface area contributed by atoms with Gasteiger partial charge in [-0.3, -0.25) is 9.36 Å². The van der Waals surface area contributed by atoms with E-state index >= 15 is 0 Å². The highest BCUT2D eigenvalue weighted by Crippen LogP contribution is 2.36. The zero-order valence-corrected chi connectivity index (χ0v) is 16.7. The molecule has 1 aromatic heterocycles. The molecule has 28 heavy (non-hydrogen) atoms. The lowest BCUT2D eigenvalue weighted by atomic mass is 10.2. The summed E-state index contributed by atoms with van der Waals surface area (Å²) in [6.45, 7) is 4.70. The summed E-state index contributed by atoms with van der Waals surface area (Å²) in [5.74, 6) is 1.38. The average Bonchev–Trinajstić information content (AvgIpc) is 2.70. The van der Waals surface area contributed by atoms with Crippen molar-refractivity contribution in [2.24, 2.45) is 5.10 Å². The quantitative estimate of drug-likeness (QED) is 0.480. The van der Waals surface area contributed by atoms with Crippen LogP contribution in [0, 0.1) is 0 Å². The summed E-state index contributed by atoms with van der Waals surface area (Å²) in [6, 6.07) is 10.7. The molecular weight excluding hydrogens is 380 g/mol. The highest BCUT2D eigenvalue weighted by atomic mass is 35.5. The Balaban J connectivity index is 1.91. The number of para-hydroxylation sites is 1. The van der Waals surface area contributed by atoms with Crippen molar-refractivity contribution >= 4 is 34.7 Å². The van der Waals surface area contributed by atoms with Crippen molar-refractivity contribution in [3.63, 3.8) is 0 Å². The molecule has 0 unspecified atom stereocenters. The minimum Gasteiger partial charge on any atom is -0.493 e. The zero-order valence-electron chi connectivity index (χ0n) is 15.9. The van der Waals surface area contributed by atoms with Gasteiger partial charge in [0.2, 0.25) is 5.95 Å². The van der Waals surface area contributed by atoms with Crippen molar-refractivity contribution < 1.29 is 9.47 Å². The van der Waals surface area contributed by atoms with Crippen molar-refractivity contribution in [2.75, 3.05) is 19.1 Å². The minimum atomic E-state index is -0.114. The molecule has 3 aromatic rings. The largest absolute Gasteiger partial charge is 0.493 e. The molecule has 0 spiro atoms.